The zero-order valence-corrected chi connectivity index (χ0v) is 9.47. The molecule has 3 N–H and O–H groups in total. The van der Waals surface area contributed by atoms with Gasteiger partial charge in [0.25, 0.3) is 0 Å². The number of benzene rings is 1. The van der Waals surface area contributed by atoms with Gasteiger partial charge in [-0.15, -0.1) is 0 Å². The van der Waals surface area contributed by atoms with Gasteiger partial charge in [0.2, 0.25) is 5.91 Å². The molecule has 1 aromatic carbocycles. The van der Waals surface area contributed by atoms with E-state index in [1.165, 1.54) is 7.11 Å². The highest BCUT2D eigenvalue weighted by atomic mass is 16.5. The summed E-state index contributed by atoms with van der Waals surface area (Å²) >= 11 is 0. The molecule has 0 aromatic heterocycles. The third kappa shape index (κ3) is 2.14. The smallest absolute Gasteiger partial charge is 0.323 e. The quantitative estimate of drug-likeness (QED) is 0.721. The monoisotopic (exact) mass is 234 g/mol. The Bertz CT molecular complexity index is 459. The molecule has 0 radical (unpaired) electrons. The Balaban J connectivity index is 2.23. The molecule has 2 atom stereocenters. The summed E-state index contributed by atoms with van der Waals surface area (Å²) in [5.41, 5.74) is 7.48. The van der Waals surface area contributed by atoms with E-state index in [9.17, 15) is 9.59 Å². The fourth-order valence-corrected chi connectivity index (χ4v) is 1.97. The number of para-hydroxylation sites is 1. The van der Waals surface area contributed by atoms with E-state index in [0.717, 1.165) is 11.3 Å². The predicted octanol–water partition coefficient (Wildman–Crippen LogP) is 0.298. The van der Waals surface area contributed by atoms with E-state index in [2.05, 4.69) is 10.1 Å². The fourth-order valence-electron chi connectivity index (χ4n) is 1.97. The molecule has 5 heteroatoms. The molecule has 1 amide bonds. The maximum Gasteiger partial charge on any atom is 0.323 e. The van der Waals surface area contributed by atoms with E-state index in [1.807, 2.05) is 24.3 Å². The summed E-state index contributed by atoms with van der Waals surface area (Å²) in [7, 11) is 1.26. The van der Waals surface area contributed by atoms with Gasteiger partial charge in [-0.25, -0.2) is 0 Å². The Morgan fingerprint density at radius 1 is 1.53 bits per heavy atom. The van der Waals surface area contributed by atoms with Crippen LogP contribution in [0.2, 0.25) is 0 Å². The van der Waals surface area contributed by atoms with Crippen LogP contribution < -0.4 is 11.1 Å². The minimum absolute atomic E-state index is 0.235. The maximum atomic E-state index is 11.8. The molecule has 2 rings (SSSR count). The van der Waals surface area contributed by atoms with Crippen LogP contribution in [0.4, 0.5) is 5.69 Å². The molecular formula is C12H14N2O3. The predicted molar refractivity (Wildman–Crippen MR) is 62.3 cm³/mol. The van der Waals surface area contributed by atoms with Gasteiger partial charge in [-0.2, -0.15) is 0 Å². The van der Waals surface area contributed by atoms with Crippen LogP contribution >= 0.6 is 0 Å². The average Bonchev–Trinajstić information content (AvgIpc) is 2.36. The standard InChI is InChI=1S/C12H14N2O3/c1-17-12(16)10(13)8-6-7-4-2-3-5-9(7)14-11(8)15/h2-5,8,10H,6,13H2,1H3,(H,14,15)/t8-,10-/m1/s1. The van der Waals surface area contributed by atoms with Crippen molar-refractivity contribution in [1.29, 1.82) is 0 Å². The molecule has 1 heterocycles. The van der Waals surface area contributed by atoms with Gasteiger partial charge in [0.05, 0.1) is 13.0 Å². The lowest BCUT2D eigenvalue weighted by atomic mass is 9.88. The molecule has 5 nitrogen and oxygen atoms in total. The lowest BCUT2D eigenvalue weighted by Gasteiger charge is -2.27. The maximum absolute atomic E-state index is 11.8. The van der Waals surface area contributed by atoms with Gasteiger partial charge < -0.3 is 15.8 Å². The summed E-state index contributed by atoms with van der Waals surface area (Å²) in [6, 6.07) is 6.55. The van der Waals surface area contributed by atoms with E-state index in [1.54, 1.807) is 0 Å². The molecule has 0 bridgehead atoms. The third-order valence-corrected chi connectivity index (χ3v) is 2.96. The first kappa shape index (κ1) is 11.6. The summed E-state index contributed by atoms with van der Waals surface area (Å²) < 4.78 is 4.56. The lowest BCUT2D eigenvalue weighted by molar-refractivity contribution is -0.145. The zero-order chi connectivity index (χ0) is 12.4. The number of esters is 1. The SMILES string of the molecule is COC(=O)[C@H](N)[C@H]1Cc2ccccc2NC1=O. The number of rotatable bonds is 2. The second-order valence-corrected chi connectivity index (χ2v) is 4.01. The van der Waals surface area contributed by atoms with Crippen molar-refractivity contribution < 1.29 is 14.3 Å². The second-order valence-electron chi connectivity index (χ2n) is 4.01. The number of anilines is 1. The van der Waals surface area contributed by atoms with Gasteiger partial charge in [-0.05, 0) is 18.1 Å². The Morgan fingerprint density at radius 3 is 2.94 bits per heavy atom. The Labute approximate surface area is 98.9 Å². The van der Waals surface area contributed by atoms with Crippen LogP contribution in [0.3, 0.4) is 0 Å². The van der Waals surface area contributed by atoms with Crippen molar-refractivity contribution in [3.8, 4) is 0 Å². The molecule has 0 unspecified atom stereocenters. The summed E-state index contributed by atoms with van der Waals surface area (Å²) in [4.78, 5) is 23.2. The average molecular weight is 234 g/mol. The van der Waals surface area contributed by atoms with Crippen molar-refractivity contribution in [2.45, 2.75) is 12.5 Å². The fraction of sp³-hybridized carbons (Fsp3) is 0.333. The van der Waals surface area contributed by atoms with Gasteiger partial charge in [0.15, 0.2) is 0 Å². The zero-order valence-electron chi connectivity index (χ0n) is 9.47. The number of methoxy groups -OCH3 is 1. The molecule has 0 fully saturated rings. The highest BCUT2D eigenvalue weighted by Gasteiger charge is 2.35. The molecule has 0 aliphatic carbocycles. The molecule has 1 aromatic rings. The molecular weight excluding hydrogens is 220 g/mol. The first-order chi connectivity index (χ1) is 8.13. The highest BCUT2D eigenvalue weighted by Crippen LogP contribution is 2.26. The van der Waals surface area contributed by atoms with Gasteiger partial charge >= 0.3 is 5.97 Å². The van der Waals surface area contributed by atoms with E-state index < -0.39 is 17.9 Å². The second kappa shape index (κ2) is 4.55. The van der Waals surface area contributed by atoms with Crippen molar-refractivity contribution in [1.82, 2.24) is 0 Å². The van der Waals surface area contributed by atoms with Crippen LogP contribution in [0.25, 0.3) is 0 Å². The molecule has 1 aliphatic heterocycles. The van der Waals surface area contributed by atoms with Crippen molar-refractivity contribution in [3.63, 3.8) is 0 Å². The van der Waals surface area contributed by atoms with E-state index >= 15 is 0 Å². The summed E-state index contributed by atoms with van der Waals surface area (Å²) in [6.45, 7) is 0. The summed E-state index contributed by atoms with van der Waals surface area (Å²) in [5.74, 6) is -1.37. The molecule has 1 aliphatic rings. The lowest BCUT2D eigenvalue weighted by Crippen LogP contribution is -2.47. The minimum atomic E-state index is -0.923. The number of carbonyl (C=O) groups is 2. The van der Waals surface area contributed by atoms with E-state index in [-0.39, 0.29) is 5.91 Å². The Kier molecular flexibility index (Phi) is 3.10. The Morgan fingerprint density at radius 2 is 2.24 bits per heavy atom. The van der Waals surface area contributed by atoms with Crippen molar-refractivity contribution >= 4 is 17.6 Å². The normalized spacial score (nSPS) is 20.1. The molecule has 0 saturated heterocycles. The number of fused-ring (bicyclic) bond motifs is 1. The van der Waals surface area contributed by atoms with Crippen molar-refractivity contribution in [3.05, 3.63) is 29.8 Å². The highest BCUT2D eigenvalue weighted by molar-refractivity contribution is 5.98. The number of nitrogens with two attached hydrogens (primary N) is 1. The van der Waals surface area contributed by atoms with Crippen LogP contribution in [0.5, 0.6) is 0 Å². The Hall–Kier alpha value is -1.88. The van der Waals surface area contributed by atoms with E-state index in [4.69, 9.17) is 5.73 Å². The summed E-state index contributed by atoms with van der Waals surface area (Å²) in [5, 5.41) is 2.74. The van der Waals surface area contributed by atoms with E-state index in [0.29, 0.717) is 6.42 Å². The first-order valence-corrected chi connectivity index (χ1v) is 5.35. The number of nitrogens with one attached hydrogen (secondary N) is 1. The van der Waals surface area contributed by atoms with Crippen LogP contribution in [0.15, 0.2) is 24.3 Å². The van der Waals surface area contributed by atoms with Crippen LogP contribution in [0, 0.1) is 5.92 Å². The van der Waals surface area contributed by atoms with Crippen molar-refractivity contribution in [2.75, 3.05) is 12.4 Å². The van der Waals surface area contributed by atoms with Gasteiger partial charge in [0.1, 0.15) is 6.04 Å². The molecule has 17 heavy (non-hydrogen) atoms. The molecule has 0 saturated carbocycles. The first-order valence-electron chi connectivity index (χ1n) is 5.35. The van der Waals surface area contributed by atoms with Gasteiger partial charge in [-0.3, -0.25) is 9.59 Å². The number of carbonyl (C=O) groups excluding carboxylic acids is 2. The number of hydrogen-bond donors (Lipinski definition) is 2. The van der Waals surface area contributed by atoms with Crippen LogP contribution in [0.1, 0.15) is 5.56 Å². The topological polar surface area (TPSA) is 81.4 Å². The molecule has 0 spiro atoms. The third-order valence-electron chi connectivity index (χ3n) is 2.96. The largest absolute Gasteiger partial charge is 0.468 e. The van der Waals surface area contributed by atoms with Gasteiger partial charge in [0, 0.05) is 5.69 Å². The number of amides is 1. The number of hydrogen-bond acceptors (Lipinski definition) is 4. The van der Waals surface area contributed by atoms with Gasteiger partial charge in [-0.1, -0.05) is 18.2 Å². The number of ether oxygens (including phenoxy) is 1. The van der Waals surface area contributed by atoms with Crippen LogP contribution in [-0.4, -0.2) is 25.0 Å². The van der Waals surface area contributed by atoms with Crippen molar-refractivity contribution in [2.24, 2.45) is 11.7 Å². The molecule has 90 valence electrons. The summed E-state index contributed by atoms with van der Waals surface area (Å²) in [6.07, 6.45) is 0.457. The minimum Gasteiger partial charge on any atom is -0.468 e. The van der Waals surface area contributed by atoms with Crippen LogP contribution in [-0.2, 0) is 20.7 Å².